The zero-order chi connectivity index (χ0) is 10.1. The van der Waals surface area contributed by atoms with Crippen LogP contribution < -0.4 is 4.90 Å². The maximum Gasteiger partial charge on any atom is 0.155 e. The van der Waals surface area contributed by atoms with Crippen molar-refractivity contribution in [3.05, 3.63) is 23.4 Å². The van der Waals surface area contributed by atoms with Crippen molar-refractivity contribution in [2.45, 2.75) is 6.92 Å². The molecule has 2 rings (SSSR count). The zero-order valence-corrected chi connectivity index (χ0v) is 8.40. The molecule has 0 saturated carbocycles. The number of aldehydes is 1. The molecule has 0 amide bonds. The number of carbonyl (C=O) groups excluding carboxylic acids is 1. The summed E-state index contributed by atoms with van der Waals surface area (Å²) in [6.45, 7) is 3.58. The monoisotopic (exact) mass is 191 g/mol. The van der Waals surface area contributed by atoms with Gasteiger partial charge in [-0.25, -0.2) is 0 Å². The molecule has 1 aromatic rings. The van der Waals surface area contributed by atoms with Gasteiger partial charge < -0.3 is 4.90 Å². The van der Waals surface area contributed by atoms with Gasteiger partial charge in [-0.3, -0.25) is 9.48 Å². The zero-order valence-electron chi connectivity index (χ0n) is 8.40. The van der Waals surface area contributed by atoms with Crippen molar-refractivity contribution < 1.29 is 4.79 Å². The van der Waals surface area contributed by atoms with Gasteiger partial charge in [-0.1, -0.05) is 12.2 Å². The SMILES string of the molecule is Cc1nn(C)c(N2CC=CC2)c1C=O. The highest BCUT2D eigenvalue weighted by atomic mass is 16.1. The van der Waals surface area contributed by atoms with Crippen molar-refractivity contribution in [1.29, 1.82) is 0 Å². The predicted octanol–water partition coefficient (Wildman–Crippen LogP) is 0.917. The van der Waals surface area contributed by atoms with Crippen LogP contribution in [0.4, 0.5) is 5.82 Å². The lowest BCUT2D eigenvalue weighted by atomic mass is 10.2. The van der Waals surface area contributed by atoms with Gasteiger partial charge in [0.15, 0.2) is 6.29 Å². The van der Waals surface area contributed by atoms with Crippen molar-refractivity contribution in [2.24, 2.45) is 7.05 Å². The van der Waals surface area contributed by atoms with E-state index in [2.05, 4.69) is 22.2 Å². The van der Waals surface area contributed by atoms with E-state index in [1.807, 2.05) is 14.0 Å². The summed E-state index contributed by atoms with van der Waals surface area (Å²) in [5, 5.41) is 4.24. The normalized spacial score (nSPS) is 15.1. The Hall–Kier alpha value is -1.58. The largest absolute Gasteiger partial charge is 0.349 e. The van der Waals surface area contributed by atoms with Gasteiger partial charge in [-0.2, -0.15) is 5.10 Å². The lowest BCUT2D eigenvalue weighted by Crippen LogP contribution is -2.22. The molecule has 0 atom stereocenters. The van der Waals surface area contributed by atoms with Crippen molar-refractivity contribution in [3.63, 3.8) is 0 Å². The van der Waals surface area contributed by atoms with E-state index in [9.17, 15) is 4.79 Å². The van der Waals surface area contributed by atoms with Crippen molar-refractivity contribution in [3.8, 4) is 0 Å². The van der Waals surface area contributed by atoms with Gasteiger partial charge in [0.2, 0.25) is 0 Å². The molecule has 0 aromatic carbocycles. The van der Waals surface area contributed by atoms with E-state index in [0.717, 1.165) is 30.9 Å². The maximum absolute atomic E-state index is 10.9. The lowest BCUT2D eigenvalue weighted by molar-refractivity contribution is 0.112. The fraction of sp³-hybridized carbons (Fsp3) is 0.400. The van der Waals surface area contributed by atoms with Crippen LogP contribution in [-0.4, -0.2) is 29.2 Å². The number of aryl methyl sites for hydroxylation is 2. The predicted molar refractivity (Wildman–Crippen MR) is 54.7 cm³/mol. The van der Waals surface area contributed by atoms with Crippen LogP contribution in [0.3, 0.4) is 0 Å². The highest BCUT2D eigenvalue weighted by molar-refractivity contribution is 5.85. The molecule has 2 heterocycles. The van der Waals surface area contributed by atoms with E-state index in [-0.39, 0.29) is 0 Å². The summed E-state index contributed by atoms with van der Waals surface area (Å²) in [6.07, 6.45) is 5.07. The molecular weight excluding hydrogens is 178 g/mol. The first-order chi connectivity index (χ1) is 6.74. The first-order valence-electron chi connectivity index (χ1n) is 4.62. The molecular formula is C10H13N3O. The number of hydrogen-bond donors (Lipinski definition) is 0. The van der Waals surface area contributed by atoms with Crippen LogP contribution in [0.5, 0.6) is 0 Å². The van der Waals surface area contributed by atoms with Crippen molar-refractivity contribution >= 4 is 12.1 Å². The molecule has 0 bridgehead atoms. The van der Waals surface area contributed by atoms with E-state index in [1.165, 1.54) is 0 Å². The average molecular weight is 191 g/mol. The van der Waals surface area contributed by atoms with Crippen LogP contribution >= 0.6 is 0 Å². The number of carbonyl (C=O) groups is 1. The van der Waals surface area contributed by atoms with E-state index < -0.39 is 0 Å². The maximum atomic E-state index is 10.9. The topological polar surface area (TPSA) is 38.1 Å². The van der Waals surface area contributed by atoms with Gasteiger partial charge >= 0.3 is 0 Å². The first-order valence-corrected chi connectivity index (χ1v) is 4.62. The standard InChI is InChI=1S/C10H13N3O/c1-8-9(7-14)10(12(2)11-8)13-5-3-4-6-13/h3-4,7H,5-6H2,1-2H3. The minimum Gasteiger partial charge on any atom is -0.349 e. The summed E-state index contributed by atoms with van der Waals surface area (Å²) in [5.41, 5.74) is 1.50. The highest BCUT2D eigenvalue weighted by Gasteiger charge is 2.18. The quantitative estimate of drug-likeness (QED) is 0.515. The molecule has 0 fully saturated rings. The summed E-state index contributed by atoms with van der Waals surface area (Å²) < 4.78 is 1.77. The average Bonchev–Trinajstić information content (AvgIpc) is 2.72. The van der Waals surface area contributed by atoms with Gasteiger partial charge in [0.05, 0.1) is 11.3 Å². The fourth-order valence-corrected chi connectivity index (χ4v) is 1.83. The van der Waals surface area contributed by atoms with Gasteiger partial charge in [-0.15, -0.1) is 0 Å². The molecule has 0 radical (unpaired) electrons. The number of nitrogens with zero attached hydrogens (tertiary/aromatic N) is 3. The van der Waals surface area contributed by atoms with Gasteiger partial charge in [0, 0.05) is 20.1 Å². The van der Waals surface area contributed by atoms with Gasteiger partial charge in [0.1, 0.15) is 5.82 Å². The van der Waals surface area contributed by atoms with E-state index in [4.69, 9.17) is 0 Å². The van der Waals surface area contributed by atoms with E-state index in [0.29, 0.717) is 5.56 Å². The second kappa shape index (κ2) is 3.29. The molecule has 0 N–H and O–H groups in total. The smallest absolute Gasteiger partial charge is 0.155 e. The summed E-state index contributed by atoms with van der Waals surface area (Å²) in [7, 11) is 1.87. The first kappa shape index (κ1) is 8.99. The second-order valence-corrected chi connectivity index (χ2v) is 3.44. The molecule has 74 valence electrons. The lowest BCUT2D eigenvalue weighted by Gasteiger charge is -2.17. The van der Waals surface area contributed by atoms with E-state index in [1.54, 1.807) is 4.68 Å². The Morgan fingerprint density at radius 2 is 2.07 bits per heavy atom. The highest BCUT2D eigenvalue weighted by Crippen LogP contribution is 2.22. The number of aromatic nitrogens is 2. The molecule has 4 nitrogen and oxygen atoms in total. The van der Waals surface area contributed by atoms with Gasteiger partial charge in [-0.05, 0) is 6.92 Å². The fourth-order valence-electron chi connectivity index (χ4n) is 1.83. The molecule has 14 heavy (non-hydrogen) atoms. The molecule has 0 spiro atoms. The van der Waals surface area contributed by atoms with Crippen molar-refractivity contribution in [2.75, 3.05) is 18.0 Å². The third-order valence-corrected chi connectivity index (χ3v) is 2.47. The third-order valence-electron chi connectivity index (χ3n) is 2.47. The van der Waals surface area contributed by atoms with Gasteiger partial charge in [0.25, 0.3) is 0 Å². The minimum atomic E-state index is 0.705. The summed E-state index contributed by atoms with van der Waals surface area (Å²) >= 11 is 0. The Labute approximate surface area is 82.8 Å². The number of anilines is 1. The third kappa shape index (κ3) is 1.23. The van der Waals surface area contributed by atoms with Crippen LogP contribution in [-0.2, 0) is 7.05 Å². The van der Waals surface area contributed by atoms with E-state index >= 15 is 0 Å². The molecule has 0 unspecified atom stereocenters. The summed E-state index contributed by atoms with van der Waals surface area (Å²) in [5.74, 6) is 0.919. The Bertz CT molecular complexity index is 384. The number of hydrogen-bond acceptors (Lipinski definition) is 3. The number of rotatable bonds is 2. The summed E-state index contributed by atoms with van der Waals surface area (Å²) in [4.78, 5) is 13.0. The molecule has 1 aliphatic heterocycles. The Balaban J connectivity index is 2.44. The van der Waals surface area contributed by atoms with Crippen LogP contribution in [0.15, 0.2) is 12.2 Å². The van der Waals surface area contributed by atoms with Crippen LogP contribution in [0.1, 0.15) is 16.1 Å². The minimum absolute atomic E-state index is 0.705. The second-order valence-electron chi connectivity index (χ2n) is 3.44. The summed E-state index contributed by atoms with van der Waals surface area (Å²) in [6, 6.07) is 0. The van der Waals surface area contributed by atoms with Crippen molar-refractivity contribution in [1.82, 2.24) is 9.78 Å². The molecule has 4 heteroatoms. The Kier molecular flexibility index (Phi) is 2.11. The Morgan fingerprint density at radius 1 is 1.43 bits per heavy atom. The van der Waals surface area contributed by atoms with Crippen LogP contribution in [0.2, 0.25) is 0 Å². The van der Waals surface area contributed by atoms with Crippen LogP contribution in [0.25, 0.3) is 0 Å². The Morgan fingerprint density at radius 3 is 2.64 bits per heavy atom. The molecule has 1 aliphatic rings. The van der Waals surface area contributed by atoms with Crippen LogP contribution in [0, 0.1) is 6.92 Å². The molecule has 1 aromatic heterocycles. The molecule has 0 aliphatic carbocycles. The molecule has 0 saturated heterocycles.